The number of hydrogen-bond acceptors (Lipinski definition) is 3. The standard InChI is InChI=1S/C8H15NO4/c1-3-4-6(8(12)13)9-5(2)7(10)11/h5-6,9H,3-4H2,1-2H3,(H,10,11)(H,12,13)/t5-,6?/m0/s1. The molecule has 0 aliphatic carbocycles. The molecule has 0 heterocycles. The van der Waals surface area contributed by atoms with Gasteiger partial charge < -0.3 is 10.2 Å². The second kappa shape index (κ2) is 5.53. The van der Waals surface area contributed by atoms with Crippen molar-refractivity contribution >= 4 is 11.9 Å². The Balaban J connectivity index is 4.09. The van der Waals surface area contributed by atoms with Gasteiger partial charge in [-0.15, -0.1) is 0 Å². The number of hydrogen-bond donors (Lipinski definition) is 3. The van der Waals surface area contributed by atoms with Crippen LogP contribution in [-0.2, 0) is 9.59 Å². The minimum atomic E-state index is -1.04. The van der Waals surface area contributed by atoms with Crippen LogP contribution in [0.25, 0.3) is 0 Å². The Morgan fingerprint density at radius 2 is 1.85 bits per heavy atom. The Morgan fingerprint density at radius 3 is 2.15 bits per heavy atom. The summed E-state index contributed by atoms with van der Waals surface area (Å²) >= 11 is 0. The number of carbonyl (C=O) groups is 2. The molecule has 0 aromatic carbocycles. The van der Waals surface area contributed by atoms with Crippen LogP contribution in [0.15, 0.2) is 0 Å². The van der Waals surface area contributed by atoms with Gasteiger partial charge in [-0.3, -0.25) is 14.9 Å². The predicted molar refractivity (Wildman–Crippen MR) is 46.6 cm³/mol. The zero-order chi connectivity index (χ0) is 10.4. The Hall–Kier alpha value is -1.10. The molecule has 0 rings (SSSR count). The third kappa shape index (κ3) is 4.47. The van der Waals surface area contributed by atoms with Crippen molar-refractivity contribution in [1.82, 2.24) is 5.32 Å². The van der Waals surface area contributed by atoms with Crippen molar-refractivity contribution < 1.29 is 19.8 Å². The minimum absolute atomic E-state index is 0.437. The van der Waals surface area contributed by atoms with Crippen LogP contribution in [0.1, 0.15) is 26.7 Å². The second-order valence-corrected chi connectivity index (χ2v) is 2.91. The largest absolute Gasteiger partial charge is 0.480 e. The van der Waals surface area contributed by atoms with Crippen molar-refractivity contribution in [2.75, 3.05) is 0 Å². The number of rotatable bonds is 6. The van der Waals surface area contributed by atoms with E-state index in [1.165, 1.54) is 6.92 Å². The Morgan fingerprint density at radius 1 is 1.31 bits per heavy atom. The molecular weight excluding hydrogens is 174 g/mol. The van der Waals surface area contributed by atoms with Gasteiger partial charge in [-0.2, -0.15) is 0 Å². The van der Waals surface area contributed by atoms with Gasteiger partial charge in [0.2, 0.25) is 0 Å². The molecule has 1 unspecified atom stereocenters. The zero-order valence-corrected chi connectivity index (χ0v) is 7.78. The molecule has 0 saturated heterocycles. The smallest absolute Gasteiger partial charge is 0.320 e. The quantitative estimate of drug-likeness (QED) is 0.559. The van der Waals surface area contributed by atoms with Crippen LogP contribution in [0.2, 0.25) is 0 Å². The SMILES string of the molecule is CCCC(N[C@@H](C)C(=O)O)C(=O)O. The summed E-state index contributed by atoms with van der Waals surface area (Å²) in [5.74, 6) is -2.04. The summed E-state index contributed by atoms with van der Waals surface area (Å²) in [5.41, 5.74) is 0. The first-order chi connectivity index (χ1) is 5.99. The summed E-state index contributed by atoms with van der Waals surface area (Å²) in [7, 11) is 0. The van der Waals surface area contributed by atoms with Crippen molar-refractivity contribution in [3.63, 3.8) is 0 Å². The number of aliphatic carboxylic acids is 2. The van der Waals surface area contributed by atoms with Gasteiger partial charge in [0, 0.05) is 0 Å². The fraction of sp³-hybridized carbons (Fsp3) is 0.750. The first kappa shape index (κ1) is 11.9. The number of nitrogens with one attached hydrogen (secondary N) is 1. The molecule has 0 radical (unpaired) electrons. The van der Waals surface area contributed by atoms with Gasteiger partial charge in [-0.25, -0.2) is 0 Å². The molecule has 0 aromatic heterocycles. The van der Waals surface area contributed by atoms with E-state index < -0.39 is 24.0 Å². The van der Waals surface area contributed by atoms with Gasteiger partial charge in [0.15, 0.2) is 0 Å². The van der Waals surface area contributed by atoms with Crippen molar-refractivity contribution in [3.8, 4) is 0 Å². The predicted octanol–water partition coefficient (Wildman–Crippen LogP) is 0.302. The zero-order valence-electron chi connectivity index (χ0n) is 7.78. The fourth-order valence-corrected chi connectivity index (χ4v) is 0.940. The fourth-order valence-electron chi connectivity index (χ4n) is 0.940. The van der Waals surface area contributed by atoms with E-state index in [1.807, 2.05) is 6.92 Å². The van der Waals surface area contributed by atoms with Gasteiger partial charge >= 0.3 is 11.9 Å². The van der Waals surface area contributed by atoms with Crippen LogP contribution in [-0.4, -0.2) is 34.2 Å². The maximum absolute atomic E-state index is 10.6. The van der Waals surface area contributed by atoms with Crippen LogP contribution in [0.3, 0.4) is 0 Å². The molecule has 0 saturated carbocycles. The lowest BCUT2D eigenvalue weighted by Gasteiger charge is -2.16. The summed E-state index contributed by atoms with van der Waals surface area (Å²) in [4.78, 5) is 21.0. The molecule has 0 spiro atoms. The summed E-state index contributed by atoms with van der Waals surface area (Å²) < 4.78 is 0. The molecule has 0 aliphatic rings. The molecule has 0 fully saturated rings. The molecular formula is C8H15NO4. The first-order valence-electron chi connectivity index (χ1n) is 4.20. The summed E-state index contributed by atoms with van der Waals surface area (Å²) in [6, 6.07) is -1.59. The highest BCUT2D eigenvalue weighted by Gasteiger charge is 2.21. The average Bonchev–Trinajstić information content (AvgIpc) is 2.03. The Bertz CT molecular complexity index is 193. The molecule has 13 heavy (non-hydrogen) atoms. The maximum atomic E-state index is 10.6. The van der Waals surface area contributed by atoms with E-state index in [1.54, 1.807) is 0 Å². The van der Waals surface area contributed by atoms with Crippen molar-refractivity contribution in [2.24, 2.45) is 0 Å². The van der Waals surface area contributed by atoms with E-state index in [-0.39, 0.29) is 0 Å². The van der Waals surface area contributed by atoms with E-state index in [9.17, 15) is 9.59 Å². The molecule has 3 N–H and O–H groups in total. The van der Waals surface area contributed by atoms with Crippen LogP contribution in [0.4, 0.5) is 0 Å². The lowest BCUT2D eigenvalue weighted by Crippen LogP contribution is -2.45. The summed E-state index contributed by atoms with van der Waals surface area (Å²) in [6.45, 7) is 3.27. The number of carboxylic acids is 2. The Kier molecular flexibility index (Phi) is 5.06. The third-order valence-corrected chi connectivity index (χ3v) is 1.70. The number of carboxylic acid groups (broad SMARTS) is 2. The van der Waals surface area contributed by atoms with E-state index in [0.29, 0.717) is 12.8 Å². The minimum Gasteiger partial charge on any atom is -0.480 e. The van der Waals surface area contributed by atoms with Gasteiger partial charge in [0.1, 0.15) is 12.1 Å². The van der Waals surface area contributed by atoms with Gasteiger partial charge in [-0.1, -0.05) is 13.3 Å². The lowest BCUT2D eigenvalue weighted by atomic mass is 10.1. The van der Waals surface area contributed by atoms with Crippen LogP contribution in [0.5, 0.6) is 0 Å². The van der Waals surface area contributed by atoms with Crippen molar-refractivity contribution in [3.05, 3.63) is 0 Å². The second-order valence-electron chi connectivity index (χ2n) is 2.91. The highest BCUT2D eigenvalue weighted by Crippen LogP contribution is 1.98. The molecule has 2 atom stereocenters. The molecule has 0 amide bonds. The molecule has 0 aliphatic heterocycles. The molecule has 76 valence electrons. The van der Waals surface area contributed by atoms with Crippen LogP contribution in [0, 0.1) is 0 Å². The third-order valence-electron chi connectivity index (χ3n) is 1.70. The topological polar surface area (TPSA) is 86.6 Å². The highest BCUT2D eigenvalue weighted by atomic mass is 16.4. The van der Waals surface area contributed by atoms with E-state index in [0.717, 1.165) is 0 Å². The molecule has 0 bridgehead atoms. The highest BCUT2D eigenvalue weighted by molar-refractivity contribution is 5.77. The molecule has 0 aromatic rings. The van der Waals surface area contributed by atoms with Crippen LogP contribution >= 0.6 is 0 Å². The summed E-state index contributed by atoms with van der Waals surface area (Å²) in [5, 5.41) is 19.7. The molecule has 5 heteroatoms. The van der Waals surface area contributed by atoms with Gasteiger partial charge in [0.05, 0.1) is 0 Å². The van der Waals surface area contributed by atoms with Gasteiger partial charge in [-0.05, 0) is 13.3 Å². The van der Waals surface area contributed by atoms with E-state index in [2.05, 4.69) is 5.32 Å². The van der Waals surface area contributed by atoms with Gasteiger partial charge in [0.25, 0.3) is 0 Å². The summed E-state index contributed by atoms with van der Waals surface area (Å²) in [6.07, 6.45) is 1.14. The maximum Gasteiger partial charge on any atom is 0.320 e. The van der Waals surface area contributed by atoms with Crippen molar-refractivity contribution in [1.29, 1.82) is 0 Å². The Labute approximate surface area is 76.8 Å². The average molecular weight is 189 g/mol. The molecule has 5 nitrogen and oxygen atoms in total. The first-order valence-corrected chi connectivity index (χ1v) is 4.20. The van der Waals surface area contributed by atoms with E-state index >= 15 is 0 Å². The lowest BCUT2D eigenvalue weighted by molar-refractivity contribution is -0.142. The van der Waals surface area contributed by atoms with E-state index in [4.69, 9.17) is 10.2 Å². The normalized spacial score (nSPS) is 14.9. The van der Waals surface area contributed by atoms with Crippen molar-refractivity contribution in [2.45, 2.75) is 38.8 Å². The monoisotopic (exact) mass is 189 g/mol. The van der Waals surface area contributed by atoms with Crippen LogP contribution < -0.4 is 5.32 Å².